The molecular formula is C25H24N2O3S. The zero-order valence-electron chi connectivity index (χ0n) is 17.3. The van der Waals surface area contributed by atoms with Crippen LogP contribution in [-0.2, 0) is 20.8 Å². The zero-order chi connectivity index (χ0) is 21.8. The molecule has 0 unspecified atom stereocenters. The Balaban J connectivity index is 1.48. The lowest BCUT2D eigenvalue weighted by Gasteiger charge is -2.24. The molecule has 0 saturated heterocycles. The summed E-state index contributed by atoms with van der Waals surface area (Å²) in [5.74, 6) is 0.156. The number of nitrogens with one attached hydrogen (secondary N) is 1. The third-order valence-electron chi connectivity index (χ3n) is 5.41. The molecule has 0 saturated carbocycles. The standard InChI is InChI=1S/C25H24N2O3S/c1-17(28)21(15-18-10-11-19-6-2-3-7-20(19)14-18)26-24(29)16-27-22-8-4-5-9-23(22)31-13-12-25(27)30/h2-11,14,21H,12-13,15-16H2,1H3,(H,26,29)/t21-/m1/s1. The first-order valence-electron chi connectivity index (χ1n) is 10.3. The highest BCUT2D eigenvalue weighted by molar-refractivity contribution is 7.99. The predicted molar refractivity (Wildman–Crippen MR) is 124 cm³/mol. The van der Waals surface area contributed by atoms with Crippen LogP contribution < -0.4 is 10.2 Å². The fourth-order valence-electron chi connectivity index (χ4n) is 3.77. The minimum absolute atomic E-state index is 0.0819. The summed E-state index contributed by atoms with van der Waals surface area (Å²) in [6, 6.07) is 21.0. The predicted octanol–water partition coefficient (Wildman–Crippen LogP) is 3.99. The minimum atomic E-state index is -0.639. The Morgan fingerprint density at radius 2 is 1.77 bits per heavy atom. The van der Waals surface area contributed by atoms with Crippen LogP contribution in [0.1, 0.15) is 18.9 Å². The Morgan fingerprint density at radius 1 is 1.03 bits per heavy atom. The molecule has 1 atom stereocenters. The second kappa shape index (κ2) is 9.35. The summed E-state index contributed by atoms with van der Waals surface area (Å²) < 4.78 is 0. The van der Waals surface area contributed by atoms with E-state index in [1.165, 1.54) is 11.8 Å². The fourth-order valence-corrected chi connectivity index (χ4v) is 4.77. The number of benzene rings is 3. The van der Waals surface area contributed by atoms with Crippen molar-refractivity contribution >= 4 is 45.8 Å². The number of amides is 2. The first-order valence-corrected chi connectivity index (χ1v) is 11.3. The lowest BCUT2D eigenvalue weighted by Crippen LogP contribution is -2.47. The van der Waals surface area contributed by atoms with Gasteiger partial charge in [0.25, 0.3) is 0 Å². The number of hydrogen-bond acceptors (Lipinski definition) is 4. The zero-order valence-corrected chi connectivity index (χ0v) is 18.2. The maximum atomic E-state index is 12.8. The van der Waals surface area contributed by atoms with Crippen molar-refractivity contribution in [1.82, 2.24) is 5.32 Å². The summed E-state index contributed by atoms with van der Waals surface area (Å²) in [6.45, 7) is 1.38. The van der Waals surface area contributed by atoms with Crippen LogP contribution in [-0.4, -0.2) is 35.9 Å². The molecule has 0 radical (unpaired) electrons. The quantitative estimate of drug-likeness (QED) is 0.640. The van der Waals surface area contributed by atoms with E-state index in [0.717, 1.165) is 26.9 Å². The molecule has 0 aromatic heterocycles. The molecule has 0 spiro atoms. The van der Waals surface area contributed by atoms with Gasteiger partial charge in [-0.25, -0.2) is 0 Å². The van der Waals surface area contributed by atoms with Gasteiger partial charge in [-0.05, 0) is 41.8 Å². The van der Waals surface area contributed by atoms with E-state index in [4.69, 9.17) is 0 Å². The number of ketones is 1. The molecule has 2 amide bonds. The van der Waals surface area contributed by atoms with E-state index in [-0.39, 0.29) is 24.1 Å². The van der Waals surface area contributed by atoms with Crippen molar-refractivity contribution in [2.24, 2.45) is 0 Å². The van der Waals surface area contributed by atoms with E-state index in [1.807, 2.05) is 66.7 Å². The summed E-state index contributed by atoms with van der Waals surface area (Å²) >= 11 is 1.62. The van der Waals surface area contributed by atoms with Gasteiger partial charge in [0.15, 0.2) is 5.78 Å². The fraction of sp³-hybridized carbons (Fsp3) is 0.240. The molecule has 6 heteroatoms. The summed E-state index contributed by atoms with van der Waals surface area (Å²) in [5, 5.41) is 5.07. The smallest absolute Gasteiger partial charge is 0.240 e. The van der Waals surface area contributed by atoms with Crippen molar-refractivity contribution in [1.29, 1.82) is 0 Å². The van der Waals surface area contributed by atoms with E-state index >= 15 is 0 Å². The molecule has 158 valence electrons. The molecule has 31 heavy (non-hydrogen) atoms. The molecule has 4 rings (SSSR count). The number of hydrogen-bond donors (Lipinski definition) is 1. The van der Waals surface area contributed by atoms with Crippen LogP contribution in [0.15, 0.2) is 71.6 Å². The number of Topliss-reactive ketones (excluding diaryl/α,β-unsaturated/α-hetero) is 1. The second-order valence-electron chi connectivity index (χ2n) is 7.66. The highest BCUT2D eigenvalue weighted by Crippen LogP contribution is 2.33. The van der Waals surface area contributed by atoms with Gasteiger partial charge in [-0.3, -0.25) is 14.4 Å². The third kappa shape index (κ3) is 4.97. The van der Waals surface area contributed by atoms with Gasteiger partial charge in [0, 0.05) is 17.1 Å². The number of anilines is 1. The summed E-state index contributed by atoms with van der Waals surface area (Å²) in [6.07, 6.45) is 0.784. The van der Waals surface area contributed by atoms with Gasteiger partial charge in [0.2, 0.25) is 11.8 Å². The Bertz CT molecular complexity index is 1140. The van der Waals surface area contributed by atoms with Crippen molar-refractivity contribution in [3.63, 3.8) is 0 Å². The SMILES string of the molecule is CC(=O)[C@@H](Cc1ccc2ccccc2c1)NC(=O)CN1C(=O)CCSc2ccccc21. The van der Waals surface area contributed by atoms with Gasteiger partial charge in [-0.15, -0.1) is 11.8 Å². The Hall–Kier alpha value is -3.12. The number of carbonyl (C=O) groups is 3. The molecule has 0 aliphatic carbocycles. The molecule has 1 aliphatic rings. The number of fused-ring (bicyclic) bond motifs is 2. The highest BCUT2D eigenvalue weighted by Gasteiger charge is 2.26. The van der Waals surface area contributed by atoms with Gasteiger partial charge in [-0.2, -0.15) is 0 Å². The third-order valence-corrected chi connectivity index (χ3v) is 6.48. The summed E-state index contributed by atoms with van der Waals surface area (Å²) in [7, 11) is 0. The molecule has 1 aliphatic heterocycles. The molecule has 1 N–H and O–H groups in total. The van der Waals surface area contributed by atoms with Gasteiger partial charge < -0.3 is 10.2 Å². The summed E-state index contributed by atoms with van der Waals surface area (Å²) in [5.41, 5.74) is 1.73. The molecular weight excluding hydrogens is 408 g/mol. The highest BCUT2D eigenvalue weighted by atomic mass is 32.2. The number of nitrogens with zero attached hydrogens (tertiary/aromatic N) is 1. The largest absolute Gasteiger partial charge is 0.344 e. The monoisotopic (exact) mass is 432 g/mol. The normalized spacial score (nSPS) is 14.6. The van der Waals surface area contributed by atoms with E-state index in [1.54, 1.807) is 11.8 Å². The number of thioether (sulfide) groups is 1. The average Bonchev–Trinajstić information content (AvgIpc) is 2.92. The molecule has 3 aromatic rings. The van der Waals surface area contributed by atoms with Crippen LogP contribution in [0, 0.1) is 0 Å². The van der Waals surface area contributed by atoms with Crippen LogP contribution in [0.2, 0.25) is 0 Å². The molecule has 0 bridgehead atoms. The van der Waals surface area contributed by atoms with Crippen molar-refractivity contribution in [2.75, 3.05) is 17.2 Å². The van der Waals surface area contributed by atoms with E-state index < -0.39 is 6.04 Å². The maximum absolute atomic E-state index is 12.8. The van der Waals surface area contributed by atoms with Crippen molar-refractivity contribution in [3.8, 4) is 0 Å². The topological polar surface area (TPSA) is 66.5 Å². The van der Waals surface area contributed by atoms with Crippen LogP contribution in [0.4, 0.5) is 5.69 Å². The van der Waals surface area contributed by atoms with Crippen LogP contribution in [0.25, 0.3) is 10.8 Å². The second-order valence-corrected chi connectivity index (χ2v) is 8.80. The van der Waals surface area contributed by atoms with Gasteiger partial charge in [0.05, 0.1) is 11.7 Å². The molecule has 1 heterocycles. The number of carbonyl (C=O) groups excluding carboxylic acids is 3. The molecule has 5 nitrogen and oxygen atoms in total. The summed E-state index contributed by atoms with van der Waals surface area (Å²) in [4.78, 5) is 40.2. The first-order chi connectivity index (χ1) is 15.0. The maximum Gasteiger partial charge on any atom is 0.240 e. The van der Waals surface area contributed by atoms with Gasteiger partial charge in [0.1, 0.15) is 6.54 Å². The first kappa shape index (κ1) is 21.1. The van der Waals surface area contributed by atoms with Crippen LogP contribution >= 0.6 is 11.8 Å². The van der Waals surface area contributed by atoms with Gasteiger partial charge >= 0.3 is 0 Å². The van der Waals surface area contributed by atoms with Crippen molar-refractivity contribution in [2.45, 2.75) is 30.7 Å². The molecule has 0 fully saturated rings. The number of para-hydroxylation sites is 1. The molecule has 3 aromatic carbocycles. The van der Waals surface area contributed by atoms with Gasteiger partial charge in [-0.1, -0.05) is 54.6 Å². The van der Waals surface area contributed by atoms with Crippen molar-refractivity contribution in [3.05, 3.63) is 72.3 Å². The average molecular weight is 433 g/mol. The minimum Gasteiger partial charge on any atom is -0.344 e. The number of rotatable bonds is 6. The lowest BCUT2D eigenvalue weighted by molar-refractivity contribution is -0.127. The van der Waals surface area contributed by atoms with E-state index in [2.05, 4.69) is 5.32 Å². The Labute approximate surface area is 185 Å². The van der Waals surface area contributed by atoms with E-state index in [9.17, 15) is 14.4 Å². The van der Waals surface area contributed by atoms with Crippen LogP contribution in [0.3, 0.4) is 0 Å². The Kier molecular flexibility index (Phi) is 6.37. The lowest BCUT2D eigenvalue weighted by atomic mass is 10.00. The van der Waals surface area contributed by atoms with E-state index in [0.29, 0.717) is 18.6 Å². The Morgan fingerprint density at radius 3 is 2.58 bits per heavy atom. The van der Waals surface area contributed by atoms with Crippen LogP contribution in [0.5, 0.6) is 0 Å². The van der Waals surface area contributed by atoms with Crippen molar-refractivity contribution < 1.29 is 14.4 Å².